The van der Waals surface area contributed by atoms with E-state index in [2.05, 4.69) is 0 Å². The van der Waals surface area contributed by atoms with Crippen LogP contribution in [0.3, 0.4) is 0 Å². The van der Waals surface area contributed by atoms with Crippen molar-refractivity contribution in [2.45, 2.75) is 57.9 Å². The molecule has 0 bridgehead atoms. The average Bonchev–Trinajstić information content (AvgIpc) is 3.15. The molecule has 2 fully saturated rings. The summed E-state index contributed by atoms with van der Waals surface area (Å²) in [5.41, 5.74) is 0.516. The van der Waals surface area contributed by atoms with Crippen molar-refractivity contribution in [3.8, 4) is 0 Å². The average molecular weight is 408 g/mol. The summed E-state index contributed by atoms with van der Waals surface area (Å²) in [6.45, 7) is 6.07. The monoisotopic (exact) mass is 408 g/mol. The van der Waals surface area contributed by atoms with Crippen molar-refractivity contribution in [3.05, 3.63) is 35.9 Å². The van der Waals surface area contributed by atoms with Gasteiger partial charge in [-0.15, -0.1) is 0 Å². The van der Waals surface area contributed by atoms with Crippen molar-refractivity contribution < 1.29 is 33.2 Å². The molecule has 0 aliphatic carbocycles. The van der Waals surface area contributed by atoms with E-state index in [1.807, 2.05) is 32.0 Å². The molecule has 2 aliphatic heterocycles. The molecule has 0 radical (unpaired) electrons. The minimum absolute atomic E-state index is 0.159. The number of rotatable bonds is 10. The molecule has 7 nitrogen and oxygen atoms in total. The maximum atomic E-state index is 12.4. The molecule has 7 heteroatoms. The highest BCUT2D eigenvalue weighted by Crippen LogP contribution is 2.31. The Morgan fingerprint density at radius 2 is 1.86 bits per heavy atom. The molecule has 2 aliphatic rings. The first-order valence-electron chi connectivity index (χ1n) is 10.6. The molecule has 0 saturated carbocycles. The number of benzene rings is 1. The lowest BCUT2D eigenvalue weighted by Gasteiger charge is -2.31. The fourth-order valence-corrected chi connectivity index (χ4v) is 3.70. The molecule has 1 aromatic carbocycles. The van der Waals surface area contributed by atoms with Gasteiger partial charge in [0.15, 0.2) is 12.6 Å². The number of hydrogen-bond donors (Lipinski definition) is 0. The van der Waals surface area contributed by atoms with E-state index in [1.165, 1.54) is 0 Å². The Kier molecular flexibility index (Phi) is 8.89. The summed E-state index contributed by atoms with van der Waals surface area (Å²) in [5, 5.41) is 0. The van der Waals surface area contributed by atoms with Crippen LogP contribution in [0.25, 0.3) is 0 Å². The molecule has 4 unspecified atom stereocenters. The summed E-state index contributed by atoms with van der Waals surface area (Å²) in [4.78, 5) is 12.4. The van der Waals surface area contributed by atoms with Crippen LogP contribution in [0.4, 0.5) is 0 Å². The Bertz CT molecular complexity index is 596. The standard InChI is InChI=1S/C22H32O7/c1-3-24-22(25-4-2)20-17(14-28-21(23)16-10-6-5-7-11-16)18(15-27-20)29-19-12-8-9-13-26-19/h5-7,10-11,17-20,22H,3-4,8-9,12-15H2,1-2H3. The zero-order chi connectivity index (χ0) is 20.5. The van der Waals surface area contributed by atoms with E-state index in [1.54, 1.807) is 12.1 Å². The molecule has 4 atom stereocenters. The zero-order valence-electron chi connectivity index (χ0n) is 17.3. The molecule has 0 N–H and O–H groups in total. The molecular formula is C22H32O7. The van der Waals surface area contributed by atoms with E-state index < -0.39 is 6.29 Å². The number of carbonyl (C=O) groups excluding carboxylic acids is 1. The Labute approximate surface area is 172 Å². The lowest BCUT2D eigenvalue weighted by atomic mass is 9.99. The molecule has 3 rings (SSSR count). The quantitative estimate of drug-likeness (QED) is 0.435. The predicted molar refractivity (Wildman–Crippen MR) is 105 cm³/mol. The molecule has 0 aromatic heterocycles. The minimum atomic E-state index is -0.536. The zero-order valence-corrected chi connectivity index (χ0v) is 17.3. The minimum Gasteiger partial charge on any atom is -0.462 e. The van der Waals surface area contributed by atoms with Gasteiger partial charge in [0, 0.05) is 19.8 Å². The number of carbonyl (C=O) groups is 1. The van der Waals surface area contributed by atoms with Gasteiger partial charge >= 0.3 is 5.97 Å². The summed E-state index contributed by atoms with van der Waals surface area (Å²) >= 11 is 0. The molecule has 2 saturated heterocycles. The van der Waals surface area contributed by atoms with Gasteiger partial charge in [-0.3, -0.25) is 0 Å². The summed E-state index contributed by atoms with van der Waals surface area (Å²) in [5.74, 6) is -0.579. The first-order valence-corrected chi connectivity index (χ1v) is 10.6. The van der Waals surface area contributed by atoms with E-state index in [0.717, 1.165) is 19.3 Å². The highest BCUT2D eigenvalue weighted by molar-refractivity contribution is 5.89. The summed E-state index contributed by atoms with van der Waals surface area (Å²) in [6.07, 6.45) is 1.57. The van der Waals surface area contributed by atoms with Gasteiger partial charge in [-0.05, 0) is 45.2 Å². The Morgan fingerprint density at radius 3 is 2.52 bits per heavy atom. The van der Waals surface area contributed by atoms with E-state index >= 15 is 0 Å². The van der Waals surface area contributed by atoms with Gasteiger partial charge in [0.25, 0.3) is 0 Å². The normalized spacial score (nSPS) is 27.3. The van der Waals surface area contributed by atoms with Crippen molar-refractivity contribution >= 4 is 5.97 Å². The lowest BCUT2D eigenvalue weighted by molar-refractivity contribution is -0.209. The smallest absolute Gasteiger partial charge is 0.338 e. The third-order valence-corrected chi connectivity index (χ3v) is 5.16. The van der Waals surface area contributed by atoms with Gasteiger partial charge in [0.2, 0.25) is 0 Å². The summed E-state index contributed by atoms with van der Waals surface area (Å²) < 4.78 is 35.0. The largest absolute Gasteiger partial charge is 0.462 e. The van der Waals surface area contributed by atoms with E-state index in [4.69, 9.17) is 28.4 Å². The van der Waals surface area contributed by atoms with Gasteiger partial charge < -0.3 is 28.4 Å². The molecular weight excluding hydrogens is 376 g/mol. The summed E-state index contributed by atoms with van der Waals surface area (Å²) in [7, 11) is 0. The number of hydrogen-bond acceptors (Lipinski definition) is 7. The van der Waals surface area contributed by atoms with Gasteiger partial charge in [-0.25, -0.2) is 4.79 Å². The van der Waals surface area contributed by atoms with Crippen LogP contribution in [-0.2, 0) is 28.4 Å². The van der Waals surface area contributed by atoms with Crippen LogP contribution in [-0.4, -0.2) is 63.8 Å². The van der Waals surface area contributed by atoms with E-state index in [9.17, 15) is 4.79 Å². The van der Waals surface area contributed by atoms with Gasteiger partial charge in [-0.1, -0.05) is 18.2 Å². The van der Waals surface area contributed by atoms with Crippen molar-refractivity contribution in [3.63, 3.8) is 0 Å². The maximum absolute atomic E-state index is 12.4. The first kappa shape index (κ1) is 22.2. The Hall–Kier alpha value is -1.51. The van der Waals surface area contributed by atoms with Crippen molar-refractivity contribution in [1.29, 1.82) is 0 Å². The van der Waals surface area contributed by atoms with Crippen LogP contribution < -0.4 is 0 Å². The summed E-state index contributed by atoms with van der Waals surface area (Å²) in [6, 6.07) is 8.95. The molecule has 0 spiro atoms. The van der Waals surface area contributed by atoms with Gasteiger partial charge in [0.05, 0.1) is 30.8 Å². The number of esters is 1. The first-order chi connectivity index (χ1) is 14.2. The van der Waals surface area contributed by atoms with Crippen LogP contribution in [0.1, 0.15) is 43.5 Å². The van der Waals surface area contributed by atoms with Crippen molar-refractivity contribution in [1.82, 2.24) is 0 Å². The fraction of sp³-hybridized carbons (Fsp3) is 0.682. The topological polar surface area (TPSA) is 72.5 Å². The SMILES string of the molecule is CCOC(OCC)C1OCC(OC2CCCCO2)C1COC(=O)c1ccccc1. The maximum Gasteiger partial charge on any atom is 0.338 e. The fourth-order valence-electron chi connectivity index (χ4n) is 3.70. The molecule has 162 valence electrons. The highest BCUT2D eigenvalue weighted by Gasteiger charge is 2.45. The second-order valence-corrected chi connectivity index (χ2v) is 7.18. The molecule has 0 amide bonds. The van der Waals surface area contributed by atoms with Crippen LogP contribution in [0, 0.1) is 5.92 Å². The Balaban J connectivity index is 1.67. The van der Waals surface area contributed by atoms with E-state index in [-0.39, 0.29) is 37.0 Å². The van der Waals surface area contributed by atoms with Gasteiger partial charge in [-0.2, -0.15) is 0 Å². The van der Waals surface area contributed by atoms with Crippen molar-refractivity contribution in [2.24, 2.45) is 5.92 Å². The second kappa shape index (κ2) is 11.6. The molecule has 2 heterocycles. The van der Waals surface area contributed by atoms with Crippen LogP contribution >= 0.6 is 0 Å². The van der Waals surface area contributed by atoms with Crippen LogP contribution in [0.2, 0.25) is 0 Å². The van der Waals surface area contributed by atoms with Crippen molar-refractivity contribution in [2.75, 3.05) is 33.0 Å². The van der Waals surface area contributed by atoms with E-state index in [0.29, 0.717) is 32.0 Å². The Morgan fingerprint density at radius 1 is 1.10 bits per heavy atom. The highest BCUT2D eigenvalue weighted by atomic mass is 16.7. The molecule has 1 aromatic rings. The molecule has 29 heavy (non-hydrogen) atoms. The third-order valence-electron chi connectivity index (χ3n) is 5.16. The van der Waals surface area contributed by atoms with Crippen LogP contribution in [0.15, 0.2) is 30.3 Å². The van der Waals surface area contributed by atoms with Gasteiger partial charge in [0.1, 0.15) is 6.10 Å². The third kappa shape index (κ3) is 6.23. The number of ether oxygens (including phenoxy) is 6. The predicted octanol–water partition coefficient (Wildman–Crippen LogP) is 3.17. The lowest BCUT2D eigenvalue weighted by Crippen LogP contribution is -2.42. The second-order valence-electron chi connectivity index (χ2n) is 7.18. The van der Waals surface area contributed by atoms with Crippen LogP contribution in [0.5, 0.6) is 0 Å².